The summed E-state index contributed by atoms with van der Waals surface area (Å²) in [6, 6.07) is 9.79. The fourth-order valence-corrected chi connectivity index (χ4v) is 4.45. The maximum Gasteiger partial charge on any atom is 0.182 e. The van der Waals surface area contributed by atoms with Crippen molar-refractivity contribution in [2.45, 2.75) is 70.8 Å². The predicted octanol–water partition coefficient (Wildman–Crippen LogP) is 5.76. The molecule has 2 aliphatic rings. The van der Waals surface area contributed by atoms with E-state index in [1.165, 1.54) is 18.9 Å². The number of ether oxygens (including phenoxy) is 1. The second-order valence-electron chi connectivity index (χ2n) is 10.5. The number of aryl methyl sites for hydroxylation is 2. The third kappa shape index (κ3) is 5.41. The minimum absolute atomic E-state index is 0.144. The molecule has 4 heterocycles. The zero-order chi connectivity index (χ0) is 26.9. The van der Waals surface area contributed by atoms with Gasteiger partial charge in [0.2, 0.25) is 0 Å². The average Bonchev–Trinajstić information content (AvgIpc) is 3.63. The van der Waals surface area contributed by atoms with Crippen LogP contribution >= 0.6 is 0 Å². The third-order valence-electron chi connectivity index (χ3n) is 7.22. The van der Waals surface area contributed by atoms with Crippen LogP contribution in [-0.2, 0) is 10.2 Å². The van der Waals surface area contributed by atoms with Gasteiger partial charge in [0.1, 0.15) is 22.9 Å². The summed E-state index contributed by atoms with van der Waals surface area (Å²) < 4.78 is 22.7. The van der Waals surface area contributed by atoms with Crippen LogP contribution in [0.2, 0.25) is 0 Å². The molecule has 9 heteroatoms. The summed E-state index contributed by atoms with van der Waals surface area (Å²) in [5.74, 6) is 0.359. The predicted molar refractivity (Wildman–Crippen MR) is 142 cm³/mol. The van der Waals surface area contributed by atoms with Gasteiger partial charge in [0.15, 0.2) is 5.65 Å². The zero-order valence-electron chi connectivity index (χ0n) is 22.3. The van der Waals surface area contributed by atoms with E-state index in [4.69, 9.17) is 9.72 Å². The summed E-state index contributed by atoms with van der Waals surface area (Å²) in [5.41, 5.74) is 3.12. The highest BCUT2D eigenvalue weighted by atomic mass is 19.1. The van der Waals surface area contributed by atoms with E-state index in [0.29, 0.717) is 47.0 Å². The molecule has 1 aromatic carbocycles. The zero-order valence-corrected chi connectivity index (χ0v) is 22.3. The van der Waals surface area contributed by atoms with Crippen molar-refractivity contribution in [3.05, 3.63) is 65.3 Å². The van der Waals surface area contributed by atoms with Gasteiger partial charge < -0.3 is 4.74 Å². The Balaban J connectivity index is 0.000000310. The van der Waals surface area contributed by atoms with Crippen LogP contribution < -0.4 is 0 Å². The molecule has 0 bridgehead atoms. The van der Waals surface area contributed by atoms with E-state index in [2.05, 4.69) is 26.1 Å². The van der Waals surface area contributed by atoms with Gasteiger partial charge in [-0.15, -0.1) is 0 Å². The third-order valence-corrected chi connectivity index (χ3v) is 7.22. The molecule has 38 heavy (non-hydrogen) atoms. The molecule has 1 aliphatic carbocycles. The first kappa shape index (κ1) is 25.9. The molecule has 0 atom stereocenters. The van der Waals surface area contributed by atoms with Crippen LogP contribution in [0.1, 0.15) is 74.3 Å². The van der Waals surface area contributed by atoms with Gasteiger partial charge in [-0.05, 0) is 77.1 Å². The summed E-state index contributed by atoms with van der Waals surface area (Å²) in [6.07, 6.45) is 8.14. The summed E-state index contributed by atoms with van der Waals surface area (Å²) in [4.78, 5) is 18.7. The molecule has 0 amide bonds. The Hall–Kier alpha value is -3.77. The van der Waals surface area contributed by atoms with Crippen LogP contribution in [0.15, 0.2) is 36.7 Å². The first-order valence-corrected chi connectivity index (χ1v) is 13.1. The van der Waals surface area contributed by atoms with E-state index >= 15 is 4.39 Å². The molecular weight excluding hydrogens is 481 g/mol. The highest BCUT2D eigenvalue weighted by molar-refractivity contribution is 5.87. The quantitative estimate of drug-likeness (QED) is 0.342. The summed E-state index contributed by atoms with van der Waals surface area (Å²) in [6.45, 7) is 8.60. The fourth-order valence-electron chi connectivity index (χ4n) is 4.45. The van der Waals surface area contributed by atoms with Gasteiger partial charge in [0.25, 0.3) is 0 Å². The first-order chi connectivity index (χ1) is 18.3. The minimum Gasteiger partial charge on any atom is -0.381 e. The van der Waals surface area contributed by atoms with E-state index < -0.39 is 11.2 Å². The molecule has 1 aliphatic heterocycles. The van der Waals surface area contributed by atoms with Crippen molar-refractivity contribution < 1.29 is 9.13 Å². The number of benzene rings is 1. The number of hydrogen-bond donors (Lipinski definition) is 0. The van der Waals surface area contributed by atoms with E-state index in [9.17, 15) is 5.26 Å². The number of rotatable bonds is 4. The monoisotopic (exact) mass is 513 g/mol. The van der Waals surface area contributed by atoms with E-state index in [-0.39, 0.29) is 5.92 Å². The second-order valence-corrected chi connectivity index (χ2v) is 10.5. The highest BCUT2D eigenvalue weighted by Gasteiger charge is 2.26. The molecule has 3 aromatic heterocycles. The fraction of sp³-hybridized carbons (Fsp3) is 0.448. The largest absolute Gasteiger partial charge is 0.381 e. The Morgan fingerprint density at radius 2 is 1.76 bits per heavy atom. The van der Waals surface area contributed by atoms with E-state index in [0.717, 1.165) is 30.3 Å². The van der Waals surface area contributed by atoms with Crippen LogP contribution in [0.25, 0.3) is 22.4 Å². The molecular formula is C29H32FN7O. The van der Waals surface area contributed by atoms with Crippen LogP contribution in [0.4, 0.5) is 4.39 Å². The normalized spacial score (nSPS) is 16.1. The van der Waals surface area contributed by atoms with E-state index in [1.54, 1.807) is 26.0 Å². The smallest absolute Gasteiger partial charge is 0.182 e. The maximum absolute atomic E-state index is 15.2. The minimum atomic E-state index is -0.784. The summed E-state index contributed by atoms with van der Waals surface area (Å²) >= 11 is 0. The Kier molecular flexibility index (Phi) is 7.17. The number of nitriles is 1. The van der Waals surface area contributed by atoms with Gasteiger partial charge >= 0.3 is 0 Å². The van der Waals surface area contributed by atoms with Crippen molar-refractivity contribution in [3.63, 3.8) is 0 Å². The van der Waals surface area contributed by atoms with Crippen molar-refractivity contribution in [1.82, 2.24) is 29.7 Å². The molecule has 1 saturated carbocycles. The van der Waals surface area contributed by atoms with Crippen molar-refractivity contribution in [3.8, 4) is 17.3 Å². The van der Waals surface area contributed by atoms with Crippen molar-refractivity contribution >= 4 is 11.2 Å². The Morgan fingerprint density at radius 3 is 2.39 bits per heavy atom. The van der Waals surface area contributed by atoms with Crippen molar-refractivity contribution in [2.75, 3.05) is 13.2 Å². The summed E-state index contributed by atoms with van der Waals surface area (Å²) in [7, 11) is 0. The molecule has 8 nitrogen and oxygen atoms in total. The van der Waals surface area contributed by atoms with E-state index in [1.807, 2.05) is 37.0 Å². The van der Waals surface area contributed by atoms with Gasteiger partial charge in [-0.1, -0.05) is 6.07 Å². The van der Waals surface area contributed by atoms with Gasteiger partial charge in [-0.2, -0.15) is 10.4 Å². The molecule has 0 N–H and O–H groups in total. The average molecular weight is 514 g/mol. The molecule has 4 aromatic rings. The lowest BCUT2D eigenvalue weighted by atomic mass is 9.85. The number of nitrogens with zero attached hydrogens (tertiary/aromatic N) is 7. The maximum atomic E-state index is 15.2. The lowest BCUT2D eigenvalue weighted by molar-refractivity contribution is 0.0836. The molecule has 0 radical (unpaired) electrons. The topological polar surface area (TPSA) is 102 Å². The van der Waals surface area contributed by atoms with Crippen molar-refractivity contribution in [1.29, 1.82) is 5.26 Å². The van der Waals surface area contributed by atoms with Crippen LogP contribution in [-0.4, -0.2) is 42.9 Å². The number of halogens is 1. The number of aromatic nitrogens is 6. The SMILES string of the molecule is Cc1nc2nc(C3CCOCC3)nc(-c3ccc(C(C)(C)C#N)cc3F)c2nc1C.c1cnn(C2CC2)c1. The standard InChI is InChI=1S/C23H24FN5O.C6H8N2/c1-13-14(2)27-22-20(26-13)19(28-21(29-22)15-7-9-30-10-8-15)17-6-5-16(11-18(17)24)23(3,4)12-25;1-4-7-8(5-1)6-2-3-6/h5-6,11,15H,7-10H2,1-4H3;1,4-6H,2-3H2. The molecule has 1 saturated heterocycles. The number of hydrogen-bond acceptors (Lipinski definition) is 7. The Bertz CT molecular complexity index is 1480. The number of fused-ring (bicyclic) bond motifs is 1. The van der Waals surface area contributed by atoms with Gasteiger partial charge in [-0.3, -0.25) is 4.68 Å². The Morgan fingerprint density at radius 1 is 1.03 bits per heavy atom. The van der Waals surface area contributed by atoms with Crippen molar-refractivity contribution in [2.24, 2.45) is 0 Å². The highest BCUT2D eigenvalue weighted by Crippen LogP contribution is 2.34. The van der Waals surface area contributed by atoms with Gasteiger partial charge in [-0.25, -0.2) is 24.3 Å². The van der Waals surface area contributed by atoms with Gasteiger partial charge in [0, 0.05) is 37.1 Å². The van der Waals surface area contributed by atoms with Crippen LogP contribution in [0, 0.1) is 31.0 Å². The van der Waals surface area contributed by atoms with Crippen LogP contribution in [0.3, 0.4) is 0 Å². The summed E-state index contributed by atoms with van der Waals surface area (Å²) in [5, 5.41) is 13.5. The first-order valence-electron chi connectivity index (χ1n) is 13.1. The molecule has 0 spiro atoms. The Labute approximate surface area is 221 Å². The van der Waals surface area contributed by atoms with Crippen LogP contribution in [0.5, 0.6) is 0 Å². The van der Waals surface area contributed by atoms with Gasteiger partial charge in [0.05, 0.1) is 28.9 Å². The second kappa shape index (κ2) is 10.5. The molecule has 6 rings (SSSR count). The molecule has 196 valence electrons. The molecule has 2 fully saturated rings. The lowest BCUT2D eigenvalue weighted by Gasteiger charge is -2.22. The lowest BCUT2D eigenvalue weighted by Crippen LogP contribution is -2.17. The molecule has 0 unspecified atom stereocenters.